The molecule has 1 aromatic heterocycles. The van der Waals surface area contributed by atoms with Crippen LogP contribution in [0.3, 0.4) is 0 Å². The number of likely N-dealkylation sites (tertiary alicyclic amines) is 1. The molecule has 0 radical (unpaired) electrons. The van der Waals surface area contributed by atoms with E-state index in [1.807, 2.05) is 30.3 Å². The number of nitrogens with zero attached hydrogens (tertiary/aromatic N) is 4. The fourth-order valence-electron chi connectivity index (χ4n) is 3.07. The fourth-order valence-corrected chi connectivity index (χ4v) is 3.07. The molecule has 1 aliphatic heterocycles. The molecule has 2 atom stereocenters. The summed E-state index contributed by atoms with van der Waals surface area (Å²) in [6.45, 7) is 0.238. The zero-order valence-electron chi connectivity index (χ0n) is 13.2. The maximum Gasteiger partial charge on any atom is 0.389 e. The molecule has 9 heteroatoms. The maximum atomic E-state index is 12.4. The molecule has 1 aromatic carbocycles. The van der Waals surface area contributed by atoms with Crippen LogP contribution < -0.4 is 0 Å². The molecule has 0 unspecified atom stereocenters. The van der Waals surface area contributed by atoms with Crippen LogP contribution in [0, 0.1) is 16.0 Å². The molecule has 1 N–H and O–H groups in total. The summed E-state index contributed by atoms with van der Waals surface area (Å²) in [4.78, 5) is 35.5. The molecule has 1 aliphatic rings. The lowest BCUT2D eigenvalue weighted by Crippen LogP contribution is -2.33. The lowest BCUT2D eigenvalue weighted by molar-refractivity contribution is -0.389. The van der Waals surface area contributed by atoms with Crippen molar-refractivity contribution in [1.29, 1.82) is 0 Å². The van der Waals surface area contributed by atoms with Gasteiger partial charge in [-0.1, -0.05) is 30.3 Å². The van der Waals surface area contributed by atoms with Gasteiger partial charge < -0.3 is 20.1 Å². The number of carbonyl (C=O) groups is 2. The number of carboxylic acids is 1. The first-order valence-corrected chi connectivity index (χ1v) is 7.69. The number of aliphatic carboxylic acids is 1. The molecule has 0 aliphatic carbocycles. The van der Waals surface area contributed by atoms with Gasteiger partial charge in [0.25, 0.3) is 0 Å². The summed E-state index contributed by atoms with van der Waals surface area (Å²) in [5, 5.41) is 23.8. The summed E-state index contributed by atoms with van der Waals surface area (Å²) in [7, 11) is 0. The first kappa shape index (κ1) is 16.6. The Kier molecular flexibility index (Phi) is 4.46. The molecule has 3 rings (SSSR count). The minimum atomic E-state index is -0.945. The molecule has 25 heavy (non-hydrogen) atoms. The second-order valence-corrected chi connectivity index (χ2v) is 5.89. The fraction of sp³-hybridized carbons (Fsp3) is 0.312. The molecule has 0 bridgehead atoms. The van der Waals surface area contributed by atoms with Crippen molar-refractivity contribution in [1.82, 2.24) is 14.7 Å². The quantitative estimate of drug-likeness (QED) is 0.641. The van der Waals surface area contributed by atoms with Crippen LogP contribution in [0.15, 0.2) is 42.6 Å². The monoisotopic (exact) mass is 344 g/mol. The van der Waals surface area contributed by atoms with E-state index in [9.17, 15) is 24.8 Å². The average molecular weight is 344 g/mol. The third-order valence-corrected chi connectivity index (χ3v) is 4.33. The van der Waals surface area contributed by atoms with E-state index >= 15 is 0 Å². The normalized spacial score (nSPS) is 19.8. The maximum absolute atomic E-state index is 12.4. The lowest BCUT2D eigenvalue weighted by atomic mass is 9.89. The van der Waals surface area contributed by atoms with Crippen molar-refractivity contribution in [3.05, 3.63) is 58.3 Å². The Bertz CT molecular complexity index is 804. The van der Waals surface area contributed by atoms with Gasteiger partial charge in [0, 0.05) is 19.0 Å². The number of nitro groups is 1. The van der Waals surface area contributed by atoms with Crippen LogP contribution in [-0.2, 0) is 16.1 Å². The Morgan fingerprint density at radius 3 is 2.56 bits per heavy atom. The van der Waals surface area contributed by atoms with Crippen molar-refractivity contribution in [3.63, 3.8) is 0 Å². The minimum absolute atomic E-state index is 0.108. The first-order valence-electron chi connectivity index (χ1n) is 7.69. The van der Waals surface area contributed by atoms with Crippen molar-refractivity contribution < 1.29 is 19.6 Å². The second-order valence-electron chi connectivity index (χ2n) is 5.89. The van der Waals surface area contributed by atoms with Gasteiger partial charge in [-0.05, 0) is 10.5 Å². The van der Waals surface area contributed by atoms with Gasteiger partial charge in [-0.25, -0.2) is 0 Å². The zero-order valence-corrected chi connectivity index (χ0v) is 13.2. The topological polar surface area (TPSA) is 119 Å². The molecule has 1 saturated heterocycles. The standard InChI is InChI=1S/C16H16N4O5/c21-15(10-19-7-6-14(17-19)20(24)25)18-8-12(13(9-18)16(22)23)11-4-2-1-3-5-11/h1-7,12-13H,8-10H2,(H,22,23)/t12-,13-/m1/s1. The number of carbonyl (C=O) groups excluding carboxylic acids is 1. The first-order chi connectivity index (χ1) is 12.0. The molecule has 1 amide bonds. The Morgan fingerprint density at radius 1 is 1.24 bits per heavy atom. The van der Waals surface area contributed by atoms with Gasteiger partial charge in [0.15, 0.2) is 0 Å². The number of rotatable bonds is 5. The van der Waals surface area contributed by atoms with Crippen LogP contribution >= 0.6 is 0 Å². The summed E-state index contributed by atoms with van der Waals surface area (Å²) in [5.74, 6) is -2.56. The van der Waals surface area contributed by atoms with E-state index in [1.165, 1.54) is 21.8 Å². The highest BCUT2D eigenvalue weighted by molar-refractivity contribution is 5.79. The summed E-state index contributed by atoms with van der Waals surface area (Å²) in [6, 6.07) is 10.4. The second kappa shape index (κ2) is 6.71. The van der Waals surface area contributed by atoms with E-state index in [-0.39, 0.29) is 30.7 Å². The van der Waals surface area contributed by atoms with E-state index in [2.05, 4.69) is 5.10 Å². The molecule has 2 aromatic rings. The van der Waals surface area contributed by atoms with Crippen molar-refractivity contribution in [2.45, 2.75) is 12.5 Å². The Hall–Kier alpha value is -3.23. The van der Waals surface area contributed by atoms with Gasteiger partial charge >= 0.3 is 11.8 Å². The van der Waals surface area contributed by atoms with Gasteiger partial charge in [-0.3, -0.25) is 9.59 Å². The molecule has 130 valence electrons. The molecule has 1 fully saturated rings. The van der Waals surface area contributed by atoms with Crippen molar-refractivity contribution >= 4 is 17.7 Å². The van der Waals surface area contributed by atoms with E-state index < -0.39 is 16.8 Å². The zero-order chi connectivity index (χ0) is 18.0. The van der Waals surface area contributed by atoms with Crippen molar-refractivity contribution in [3.8, 4) is 0 Å². The number of benzene rings is 1. The number of amides is 1. The van der Waals surface area contributed by atoms with Gasteiger partial charge in [-0.2, -0.15) is 4.68 Å². The number of hydrogen-bond acceptors (Lipinski definition) is 5. The highest BCUT2D eigenvalue weighted by Crippen LogP contribution is 2.33. The molecule has 9 nitrogen and oxygen atoms in total. The van der Waals surface area contributed by atoms with E-state index in [0.717, 1.165) is 5.56 Å². The highest BCUT2D eigenvalue weighted by Gasteiger charge is 2.40. The van der Waals surface area contributed by atoms with Crippen LogP contribution in [-0.4, -0.2) is 49.7 Å². The smallest absolute Gasteiger partial charge is 0.389 e. The van der Waals surface area contributed by atoms with Crippen LogP contribution in [0.5, 0.6) is 0 Å². The van der Waals surface area contributed by atoms with Crippen molar-refractivity contribution in [2.75, 3.05) is 13.1 Å². The number of hydrogen-bond donors (Lipinski definition) is 1. The van der Waals surface area contributed by atoms with E-state index in [0.29, 0.717) is 6.54 Å². The lowest BCUT2D eigenvalue weighted by Gasteiger charge is -2.15. The molecule has 0 saturated carbocycles. The van der Waals surface area contributed by atoms with Gasteiger partial charge in [0.1, 0.15) is 6.54 Å². The number of aromatic nitrogens is 2. The van der Waals surface area contributed by atoms with Gasteiger partial charge in [0.2, 0.25) is 5.91 Å². The third kappa shape index (κ3) is 3.49. The summed E-state index contributed by atoms with van der Waals surface area (Å²) in [5.41, 5.74) is 0.875. The summed E-state index contributed by atoms with van der Waals surface area (Å²) in [6.07, 6.45) is 1.36. The average Bonchev–Trinajstić information content (AvgIpc) is 3.22. The van der Waals surface area contributed by atoms with Crippen LogP contribution in [0.2, 0.25) is 0 Å². The molecular weight excluding hydrogens is 328 g/mol. The number of carboxylic acid groups (broad SMARTS) is 1. The van der Waals surface area contributed by atoms with Gasteiger partial charge in [0.05, 0.1) is 23.3 Å². The van der Waals surface area contributed by atoms with Gasteiger partial charge in [-0.15, -0.1) is 0 Å². The molecular formula is C16H16N4O5. The van der Waals surface area contributed by atoms with Crippen LogP contribution in [0.4, 0.5) is 5.82 Å². The summed E-state index contributed by atoms with van der Waals surface area (Å²) >= 11 is 0. The van der Waals surface area contributed by atoms with Crippen LogP contribution in [0.1, 0.15) is 11.5 Å². The molecule has 2 heterocycles. The largest absolute Gasteiger partial charge is 0.481 e. The predicted molar refractivity (Wildman–Crippen MR) is 85.8 cm³/mol. The predicted octanol–water partition coefficient (Wildman–Crippen LogP) is 1.12. The highest BCUT2D eigenvalue weighted by atomic mass is 16.6. The third-order valence-electron chi connectivity index (χ3n) is 4.33. The van der Waals surface area contributed by atoms with Crippen molar-refractivity contribution in [2.24, 2.45) is 5.92 Å². The molecule has 0 spiro atoms. The Balaban J connectivity index is 1.73. The Morgan fingerprint density at radius 2 is 1.96 bits per heavy atom. The van der Waals surface area contributed by atoms with Crippen LogP contribution in [0.25, 0.3) is 0 Å². The summed E-state index contributed by atoms with van der Waals surface area (Å²) < 4.78 is 1.19. The Labute approximate surface area is 142 Å². The minimum Gasteiger partial charge on any atom is -0.481 e. The van der Waals surface area contributed by atoms with E-state index in [1.54, 1.807) is 0 Å². The SMILES string of the molecule is O=C(O)[C@@H]1CN(C(=O)Cn2ccc([N+](=O)[O-])n2)C[C@@H]1c1ccccc1. The van der Waals surface area contributed by atoms with E-state index in [4.69, 9.17) is 0 Å².